The quantitative estimate of drug-likeness (QED) is 0.0695. The first kappa shape index (κ1) is 58.2. The third kappa shape index (κ3) is 72.7. The van der Waals surface area contributed by atoms with Crippen molar-refractivity contribution in [2.75, 3.05) is 6.61 Å². The van der Waals surface area contributed by atoms with Gasteiger partial charge in [0.05, 0.1) is 0 Å². The summed E-state index contributed by atoms with van der Waals surface area (Å²) in [6.07, 6.45) is 23.7. The molecule has 0 saturated heterocycles. The summed E-state index contributed by atoms with van der Waals surface area (Å²) in [6.45, 7) is 2.66. The van der Waals surface area contributed by atoms with Gasteiger partial charge in [0.2, 0.25) is 0 Å². The zero-order valence-electron chi connectivity index (χ0n) is 24.3. The van der Waals surface area contributed by atoms with E-state index in [1.165, 1.54) is 103 Å². The van der Waals surface area contributed by atoms with Gasteiger partial charge in [0.1, 0.15) is 33.0 Å². The molecule has 0 radical (unpaired) electrons. The minimum absolute atomic E-state index is 0. The van der Waals surface area contributed by atoms with Crippen molar-refractivity contribution in [1.29, 1.82) is 0 Å². The molecule has 0 aliphatic rings. The maximum Gasteiger partial charge on any atom is 1.00 e. The molecule has 0 fully saturated rings. The maximum absolute atomic E-state index is 9.29. The first-order valence-corrected chi connectivity index (χ1v) is 16.9. The molecular weight excluding hydrogens is 620 g/mol. The summed E-state index contributed by atoms with van der Waals surface area (Å²) in [5.74, 6) is 0. The molecule has 19 heteroatoms. The van der Waals surface area contributed by atoms with Gasteiger partial charge in [-0.3, -0.25) is 8.62 Å². The molecule has 210 valence electrons. The molecule has 0 saturated carbocycles. The largest absolute Gasteiger partial charge is 1.00 e. The van der Waals surface area contributed by atoms with Crippen LogP contribution in [0.25, 0.3) is 0 Å². The van der Waals surface area contributed by atoms with Crippen LogP contribution in [-0.4, -0.2) is 11.7 Å². The van der Waals surface area contributed by atoms with Gasteiger partial charge in [-0.15, -0.1) is 0 Å². The maximum atomic E-state index is 9.29. The molecule has 0 aliphatic carbocycles. The monoisotopic (exact) mass is 664 g/mol. The van der Waals surface area contributed by atoms with Crippen LogP contribution in [0.2, 0.25) is 0 Å². The average molecular weight is 664 g/mol. The van der Waals surface area contributed by atoms with Gasteiger partial charge < -0.3 is 42.9 Å². The topological polar surface area (TPSA) is 199 Å². The molecule has 0 heterocycles. The van der Waals surface area contributed by atoms with Gasteiger partial charge in [-0.05, 0) is 6.42 Å². The zero-order chi connectivity index (χ0) is 26.5. The van der Waals surface area contributed by atoms with Gasteiger partial charge >= 0.3 is 118 Å². The van der Waals surface area contributed by atoms with E-state index in [2.05, 4.69) is 15.5 Å². The Morgan fingerprint density at radius 3 is 0.763 bits per heavy atom. The molecule has 4 unspecified atom stereocenters. The third-order valence-corrected chi connectivity index (χ3v) is 7.26. The zero-order valence-corrected chi connectivity index (χ0v) is 36.3. The fraction of sp³-hybridized carbons (Fsp3) is 1.00. The molecule has 0 amide bonds. The van der Waals surface area contributed by atoms with Crippen LogP contribution in [-0.2, 0) is 26.9 Å². The molecule has 4 atom stereocenters. The minimum Gasteiger partial charge on any atom is -0.781 e. The Balaban J connectivity index is -0.0000000894. The van der Waals surface area contributed by atoms with Crippen molar-refractivity contribution < 1.29 is 170 Å². The van der Waals surface area contributed by atoms with Gasteiger partial charge in [-0.25, -0.2) is 0 Å². The van der Waals surface area contributed by atoms with Crippen LogP contribution in [0, 0.1) is 0 Å². The van der Waals surface area contributed by atoms with Crippen molar-refractivity contribution in [3.8, 4) is 0 Å². The summed E-state index contributed by atoms with van der Waals surface area (Å²) in [5, 5.41) is 8.68. The van der Waals surface area contributed by atoms with Crippen LogP contribution in [0.3, 0.4) is 0 Å². The third-order valence-electron chi connectivity index (χ3n) is 4.60. The second-order valence-corrected chi connectivity index (χ2v) is 11.2. The van der Waals surface area contributed by atoms with Crippen molar-refractivity contribution in [3.05, 3.63) is 0 Å². The Hall–Kier alpha value is 4.64. The molecule has 0 aromatic heterocycles. The van der Waals surface area contributed by atoms with Crippen LogP contribution in [0.5, 0.6) is 0 Å². The van der Waals surface area contributed by atoms with Crippen LogP contribution < -0.4 is 138 Å². The number of aliphatic hydroxyl groups is 1. The van der Waals surface area contributed by atoms with E-state index in [1.807, 2.05) is 0 Å². The van der Waals surface area contributed by atoms with Crippen molar-refractivity contribution in [2.45, 2.75) is 116 Å². The van der Waals surface area contributed by atoms with Crippen molar-refractivity contribution >= 4 is 33.0 Å². The predicted octanol–water partition coefficient (Wildman–Crippen LogP) is -8.35. The van der Waals surface area contributed by atoms with Gasteiger partial charge in [0.25, 0.3) is 0 Å². The summed E-state index contributed by atoms with van der Waals surface area (Å²) >= 11 is 0. The number of unbranched alkanes of at least 4 members (excludes halogenated alkanes) is 16. The summed E-state index contributed by atoms with van der Waals surface area (Å²) in [7, 11) is -14.1. The second kappa shape index (κ2) is 51.2. The molecule has 0 bridgehead atoms. The average Bonchev–Trinajstić information content (AvgIpc) is 2.72. The molecular formula is C19H44Na4O11P4. The molecule has 0 spiro atoms. The van der Waals surface area contributed by atoms with E-state index in [0.29, 0.717) is 6.61 Å². The Kier molecular flexibility index (Phi) is 78.5. The molecule has 0 aliphatic heterocycles. The summed E-state index contributed by atoms with van der Waals surface area (Å²) < 4.78 is 43.6. The molecule has 0 aromatic carbocycles. The van der Waals surface area contributed by atoms with E-state index in [0.717, 1.165) is 6.42 Å². The Morgan fingerprint density at radius 2 is 0.632 bits per heavy atom. The number of hydrogen-bond acceptors (Lipinski definition) is 11. The molecule has 0 rings (SSSR count). The predicted molar refractivity (Wildman–Crippen MR) is 129 cm³/mol. The van der Waals surface area contributed by atoms with Crippen LogP contribution >= 0.6 is 33.0 Å². The molecule has 38 heavy (non-hydrogen) atoms. The van der Waals surface area contributed by atoms with E-state index < -0.39 is 33.0 Å². The van der Waals surface area contributed by atoms with E-state index >= 15 is 0 Å². The van der Waals surface area contributed by atoms with E-state index in [9.17, 15) is 37.8 Å². The smallest absolute Gasteiger partial charge is 0.781 e. The number of hydrogen-bond donors (Lipinski definition) is 1. The standard InChI is InChI=1S/C19H40O.4Na.2H4O5P2/c1-2-3-4-5-6-7-8-9-10-11-12-13-14-15-16-17-18-19-20;;;;;2*1-6(2)5-7(3)4/h20H,2-19H2,1H3;;;;;2*6-7H,(H,1,2)(H,3,4)/q;4*+1;;/p-4. The van der Waals surface area contributed by atoms with Crippen LogP contribution in [0.1, 0.15) is 116 Å². The molecule has 0 aromatic rings. The van der Waals surface area contributed by atoms with E-state index in [-0.39, 0.29) is 118 Å². The Morgan fingerprint density at radius 1 is 0.447 bits per heavy atom. The van der Waals surface area contributed by atoms with Crippen LogP contribution in [0.4, 0.5) is 0 Å². The van der Waals surface area contributed by atoms with Crippen molar-refractivity contribution in [3.63, 3.8) is 0 Å². The summed E-state index contributed by atoms with van der Waals surface area (Å²) in [4.78, 5) is 37.1. The van der Waals surface area contributed by atoms with E-state index in [1.54, 1.807) is 0 Å². The van der Waals surface area contributed by atoms with Crippen molar-refractivity contribution in [1.82, 2.24) is 0 Å². The summed E-state index contributed by atoms with van der Waals surface area (Å²) in [6, 6.07) is 0. The number of aliphatic hydroxyl groups excluding tert-OH is 1. The minimum atomic E-state index is -3.51. The fourth-order valence-corrected chi connectivity index (χ4v) is 4.06. The Bertz CT molecular complexity index is 461. The summed E-state index contributed by atoms with van der Waals surface area (Å²) in [5.41, 5.74) is 0. The number of rotatable bonds is 21. The van der Waals surface area contributed by atoms with Gasteiger partial charge in [0, 0.05) is 6.61 Å². The fourth-order valence-electron chi connectivity index (χ4n) is 2.97. The van der Waals surface area contributed by atoms with Crippen molar-refractivity contribution in [2.24, 2.45) is 0 Å². The molecule has 1 N–H and O–H groups in total. The first-order valence-electron chi connectivity index (χ1n) is 12.0. The Labute approximate surface area is 321 Å². The normalized spacial score (nSPS) is 12.7. The van der Waals surface area contributed by atoms with Gasteiger partial charge in [0.15, 0.2) is 0 Å². The first-order chi connectivity index (χ1) is 16.2. The van der Waals surface area contributed by atoms with Gasteiger partial charge in [-0.2, -0.15) is 0 Å². The van der Waals surface area contributed by atoms with Crippen LogP contribution in [0.15, 0.2) is 0 Å². The molecule has 11 nitrogen and oxygen atoms in total. The SMILES string of the molecule is CCCCCCCCCCCCCCCCCCCO.O=[PH]([O-])O[PH](=O)[O-].O=[PH]([O-])O[PH](=O)[O-].[Na+].[Na+].[Na+].[Na+]. The van der Waals surface area contributed by atoms with E-state index in [4.69, 9.17) is 5.11 Å². The second-order valence-electron chi connectivity index (χ2n) is 7.58. The van der Waals surface area contributed by atoms with Gasteiger partial charge in [-0.1, -0.05) is 110 Å².